The van der Waals surface area contributed by atoms with E-state index in [0.29, 0.717) is 6.54 Å². The smallest absolute Gasteiger partial charge is 0.185 e. The summed E-state index contributed by atoms with van der Waals surface area (Å²) in [6.45, 7) is 9.72. The van der Waals surface area contributed by atoms with E-state index in [1.54, 1.807) is 0 Å². The zero-order valence-corrected chi connectivity index (χ0v) is 11.1. The molecule has 7 N–H and O–H groups in total. The Kier molecular flexibility index (Phi) is 8.49. The third-order valence-corrected chi connectivity index (χ3v) is 2.88. The molecule has 1 aliphatic rings. The summed E-state index contributed by atoms with van der Waals surface area (Å²) in [6, 6.07) is 0. The van der Waals surface area contributed by atoms with Gasteiger partial charge in [-0.05, 0) is 0 Å². The molecule has 18 heavy (non-hydrogen) atoms. The molecular formula is C11H27N7. The minimum atomic E-state index is 0.173. The predicted octanol–water partition coefficient (Wildman–Crippen LogP) is -2.66. The number of rotatable bonds is 3. The SMILES string of the molecule is NC(N)=NCCN1CCNCCNCCNCC1. The first-order valence-corrected chi connectivity index (χ1v) is 6.69. The lowest BCUT2D eigenvalue weighted by molar-refractivity contribution is 0.278. The van der Waals surface area contributed by atoms with E-state index in [1.807, 2.05) is 0 Å². The van der Waals surface area contributed by atoms with Crippen LogP contribution >= 0.6 is 0 Å². The molecule has 0 atom stereocenters. The minimum absolute atomic E-state index is 0.173. The average Bonchev–Trinajstić information content (AvgIpc) is 2.31. The van der Waals surface area contributed by atoms with Gasteiger partial charge in [0, 0.05) is 58.9 Å². The van der Waals surface area contributed by atoms with E-state index in [-0.39, 0.29) is 5.96 Å². The van der Waals surface area contributed by atoms with Crippen molar-refractivity contribution in [2.24, 2.45) is 16.5 Å². The van der Waals surface area contributed by atoms with E-state index in [2.05, 4.69) is 25.8 Å². The van der Waals surface area contributed by atoms with Gasteiger partial charge in [0.15, 0.2) is 5.96 Å². The summed E-state index contributed by atoms with van der Waals surface area (Å²) in [5, 5.41) is 10.2. The molecule has 0 amide bonds. The van der Waals surface area contributed by atoms with E-state index in [9.17, 15) is 0 Å². The van der Waals surface area contributed by atoms with E-state index in [4.69, 9.17) is 11.5 Å². The summed E-state index contributed by atoms with van der Waals surface area (Å²) in [6.07, 6.45) is 0. The van der Waals surface area contributed by atoms with Crippen LogP contribution in [0.25, 0.3) is 0 Å². The maximum Gasteiger partial charge on any atom is 0.185 e. The van der Waals surface area contributed by atoms with Gasteiger partial charge in [-0.25, -0.2) is 0 Å². The highest BCUT2D eigenvalue weighted by Gasteiger charge is 2.04. The zero-order chi connectivity index (χ0) is 13.1. The van der Waals surface area contributed by atoms with E-state index in [0.717, 1.165) is 58.9 Å². The first kappa shape index (κ1) is 15.2. The molecule has 0 aliphatic carbocycles. The van der Waals surface area contributed by atoms with Gasteiger partial charge in [0.2, 0.25) is 0 Å². The minimum Gasteiger partial charge on any atom is -0.370 e. The van der Waals surface area contributed by atoms with Crippen molar-refractivity contribution in [3.8, 4) is 0 Å². The van der Waals surface area contributed by atoms with Crippen molar-refractivity contribution in [1.82, 2.24) is 20.9 Å². The van der Waals surface area contributed by atoms with Crippen molar-refractivity contribution < 1.29 is 0 Å². The van der Waals surface area contributed by atoms with Gasteiger partial charge < -0.3 is 27.4 Å². The Bertz CT molecular complexity index is 215. The molecule has 1 saturated heterocycles. The van der Waals surface area contributed by atoms with Crippen LogP contribution in [0.5, 0.6) is 0 Å². The first-order chi connectivity index (χ1) is 8.79. The van der Waals surface area contributed by atoms with Gasteiger partial charge in [0.05, 0.1) is 6.54 Å². The van der Waals surface area contributed by atoms with E-state index in [1.165, 1.54) is 0 Å². The van der Waals surface area contributed by atoms with Crippen molar-refractivity contribution in [3.05, 3.63) is 0 Å². The Morgan fingerprint density at radius 1 is 0.889 bits per heavy atom. The fraction of sp³-hybridized carbons (Fsp3) is 0.909. The molecule has 0 aromatic heterocycles. The lowest BCUT2D eigenvalue weighted by Crippen LogP contribution is -2.42. The number of nitrogens with two attached hydrogens (primary N) is 2. The molecule has 1 heterocycles. The molecule has 0 aromatic rings. The number of nitrogens with zero attached hydrogens (tertiary/aromatic N) is 2. The average molecular weight is 257 g/mol. The molecule has 0 aromatic carbocycles. The molecule has 0 unspecified atom stereocenters. The fourth-order valence-electron chi connectivity index (χ4n) is 1.86. The molecule has 0 radical (unpaired) electrons. The largest absolute Gasteiger partial charge is 0.370 e. The molecule has 1 aliphatic heterocycles. The second-order valence-corrected chi connectivity index (χ2v) is 4.40. The van der Waals surface area contributed by atoms with Crippen LogP contribution < -0.4 is 27.4 Å². The molecule has 0 bridgehead atoms. The number of hydrogen-bond acceptors (Lipinski definition) is 5. The fourth-order valence-corrected chi connectivity index (χ4v) is 1.86. The maximum atomic E-state index is 5.33. The van der Waals surface area contributed by atoms with Gasteiger partial charge in [-0.1, -0.05) is 0 Å². The van der Waals surface area contributed by atoms with Crippen molar-refractivity contribution in [2.45, 2.75) is 0 Å². The number of nitrogens with one attached hydrogen (secondary N) is 3. The van der Waals surface area contributed by atoms with Crippen LogP contribution in [0, 0.1) is 0 Å². The van der Waals surface area contributed by atoms with Crippen molar-refractivity contribution >= 4 is 5.96 Å². The Labute approximate surface area is 109 Å². The van der Waals surface area contributed by atoms with Gasteiger partial charge in [-0.2, -0.15) is 0 Å². The summed E-state index contributed by atoms with van der Waals surface area (Å²) >= 11 is 0. The summed E-state index contributed by atoms with van der Waals surface area (Å²) in [4.78, 5) is 6.40. The quantitative estimate of drug-likeness (QED) is 0.279. The van der Waals surface area contributed by atoms with Crippen molar-refractivity contribution in [3.63, 3.8) is 0 Å². The Hall–Kier alpha value is -0.890. The van der Waals surface area contributed by atoms with Crippen LogP contribution in [0.1, 0.15) is 0 Å². The highest BCUT2D eigenvalue weighted by molar-refractivity contribution is 5.75. The van der Waals surface area contributed by atoms with Crippen LogP contribution in [0.3, 0.4) is 0 Å². The van der Waals surface area contributed by atoms with Crippen LogP contribution in [-0.2, 0) is 0 Å². The van der Waals surface area contributed by atoms with Crippen LogP contribution in [0.4, 0.5) is 0 Å². The lowest BCUT2D eigenvalue weighted by Gasteiger charge is -2.22. The van der Waals surface area contributed by atoms with Gasteiger partial charge in [-0.15, -0.1) is 0 Å². The van der Waals surface area contributed by atoms with E-state index >= 15 is 0 Å². The topological polar surface area (TPSA) is 104 Å². The van der Waals surface area contributed by atoms with Gasteiger partial charge in [-0.3, -0.25) is 9.89 Å². The van der Waals surface area contributed by atoms with Crippen LogP contribution in [-0.4, -0.2) is 76.3 Å². The Balaban J connectivity index is 2.25. The molecule has 0 spiro atoms. The zero-order valence-electron chi connectivity index (χ0n) is 11.1. The first-order valence-electron chi connectivity index (χ1n) is 6.69. The molecule has 106 valence electrons. The van der Waals surface area contributed by atoms with Crippen LogP contribution in [0.15, 0.2) is 4.99 Å². The molecule has 1 fully saturated rings. The van der Waals surface area contributed by atoms with Gasteiger partial charge in [0.25, 0.3) is 0 Å². The van der Waals surface area contributed by atoms with Gasteiger partial charge in [0.1, 0.15) is 0 Å². The second kappa shape index (κ2) is 10.1. The van der Waals surface area contributed by atoms with Gasteiger partial charge >= 0.3 is 0 Å². The summed E-state index contributed by atoms with van der Waals surface area (Å²) in [7, 11) is 0. The Morgan fingerprint density at radius 3 is 1.89 bits per heavy atom. The van der Waals surface area contributed by atoms with Crippen LogP contribution in [0.2, 0.25) is 0 Å². The molecule has 0 saturated carbocycles. The molecular weight excluding hydrogens is 230 g/mol. The second-order valence-electron chi connectivity index (χ2n) is 4.40. The summed E-state index contributed by atoms with van der Waals surface area (Å²) in [5.74, 6) is 0.173. The monoisotopic (exact) mass is 257 g/mol. The Morgan fingerprint density at radius 2 is 1.39 bits per heavy atom. The lowest BCUT2D eigenvalue weighted by atomic mass is 10.4. The number of guanidine groups is 1. The number of hydrogen-bond donors (Lipinski definition) is 5. The highest BCUT2D eigenvalue weighted by atomic mass is 15.2. The molecule has 7 nitrogen and oxygen atoms in total. The summed E-state index contributed by atoms with van der Waals surface area (Å²) in [5.41, 5.74) is 10.7. The molecule has 1 rings (SSSR count). The number of aliphatic imine (C=N–C) groups is 1. The maximum absolute atomic E-state index is 5.33. The third-order valence-electron chi connectivity index (χ3n) is 2.88. The summed E-state index contributed by atoms with van der Waals surface area (Å²) < 4.78 is 0. The highest BCUT2D eigenvalue weighted by Crippen LogP contribution is 1.87. The normalized spacial score (nSPS) is 20.7. The van der Waals surface area contributed by atoms with Crippen molar-refractivity contribution in [1.29, 1.82) is 0 Å². The standard InChI is InChI=1S/C11H27N7/c12-11(13)17-7-10-18-8-5-15-3-1-14-2-4-16-6-9-18/h14-16H,1-10H2,(H4,12,13,17). The van der Waals surface area contributed by atoms with E-state index < -0.39 is 0 Å². The third kappa shape index (κ3) is 8.24. The predicted molar refractivity (Wildman–Crippen MR) is 75.7 cm³/mol. The molecule has 7 heteroatoms. The van der Waals surface area contributed by atoms with Crippen molar-refractivity contribution in [2.75, 3.05) is 65.4 Å².